The van der Waals surface area contributed by atoms with Gasteiger partial charge in [0.05, 0.1) is 12.2 Å². The summed E-state index contributed by atoms with van der Waals surface area (Å²) >= 11 is 0. The molecule has 0 aromatic carbocycles. The van der Waals surface area contributed by atoms with Crippen LogP contribution in [0, 0.1) is 0 Å². The minimum absolute atomic E-state index is 0.0652. The molecule has 0 aliphatic heterocycles. The van der Waals surface area contributed by atoms with Crippen LogP contribution in [0.15, 0.2) is 18.3 Å². The zero-order valence-electron chi connectivity index (χ0n) is 7.97. The Hall–Kier alpha value is -1.62. The van der Waals surface area contributed by atoms with Gasteiger partial charge >= 0.3 is 0 Å². The van der Waals surface area contributed by atoms with Gasteiger partial charge in [0, 0.05) is 19.8 Å². The van der Waals surface area contributed by atoms with Crippen molar-refractivity contribution in [3.05, 3.63) is 23.9 Å². The number of carbonyl (C=O) groups is 1. The number of hydrogen-bond donors (Lipinski definition) is 2. The van der Waals surface area contributed by atoms with Gasteiger partial charge in [0.25, 0.3) is 0 Å². The maximum Gasteiger partial charge on any atom is 0.250 e. The minimum atomic E-state index is -0.492. The Morgan fingerprint density at radius 2 is 2.36 bits per heavy atom. The number of rotatable bonds is 4. The highest BCUT2D eigenvalue weighted by Crippen LogP contribution is 2.08. The summed E-state index contributed by atoms with van der Waals surface area (Å²) in [6.07, 6.45) is 1.42. The first-order valence-electron chi connectivity index (χ1n) is 4.23. The van der Waals surface area contributed by atoms with Crippen molar-refractivity contribution in [1.29, 1.82) is 0 Å². The number of carbonyl (C=O) groups excluding carboxylic acids is 1. The summed E-state index contributed by atoms with van der Waals surface area (Å²) in [6.45, 7) is 0.568. The molecule has 1 amide bonds. The molecule has 0 aliphatic rings. The third-order valence-corrected chi connectivity index (χ3v) is 1.86. The monoisotopic (exact) mass is 195 g/mol. The van der Waals surface area contributed by atoms with Crippen LogP contribution >= 0.6 is 0 Å². The highest BCUT2D eigenvalue weighted by Gasteiger charge is 2.03. The molecule has 5 heteroatoms. The second kappa shape index (κ2) is 4.57. The molecule has 0 bridgehead atoms. The third-order valence-electron chi connectivity index (χ3n) is 1.86. The van der Waals surface area contributed by atoms with Crippen molar-refractivity contribution in [2.45, 2.75) is 0 Å². The predicted molar refractivity (Wildman–Crippen MR) is 53.1 cm³/mol. The fraction of sp³-hybridized carbons (Fsp3) is 0.333. The van der Waals surface area contributed by atoms with Crippen molar-refractivity contribution in [1.82, 2.24) is 4.98 Å². The summed E-state index contributed by atoms with van der Waals surface area (Å²) in [4.78, 5) is 16.6. The van der Waals surface area contributed by atoms with Gasteiger partial charge in [-0.1, -0.05) is 0 Å². The zero-order chi connectivity index (χ0) is 10.6. The summed E-state index contributed by atoms with van der Waals surface area (Å²) in [5.41, 5.74) is 5.45. The highest BCUT2D eigenvalue weighted by atomic mass is 16.3. The Bertz CT molecular complexity index is 310. The van der Waals surface area contributed by atoms with Crippen molar-refractivity contribution in [2.75, 3.05) is 25.1 Å². The lowest BCUT2D eigenvalue weighted by Gasteiger charge is -2.16. The quantitative estimate of drug-likeness (QED) is 0.685. The Labute approximate surface area is 82.2 Å². The van der Waals surface area contributed by atoms with Gasteiger partial charge in [-0.25, -0.2) is 4.98 Å². The molecule has 0 saturated carbocycles. The fourth-order valence-electron chi connectivity index (χ4n) is 1.02. The molecule has 1 aromatic rings. The molecule has 1 rings (SSSR count). The van der Waals surface area contributed by atoms with Crippen molar-refractivity contribution >= 4 is 11.7 Å². The molecular weight excluding hydrogens is 182 g/mol. The van der Waals surface area contributed by atoms with E-state index in [-0.39, 0.29) is 6.61 Å². The number of anilines is 1. The maximum atomic E-state index is 10.7. The van der Waals surface area contributed by atoms with E-state index in [4.69, 9.17) is 10.8 Å². The summed E-state index contributed by atoms with van der Waals surface area (Å²) in [5.74, 6) is 0.206. The van der Waals surface area contributed by atoms with Crippen molar-refractivity contribution < 1.29 is 9.90 Å². The lowest BCUT2D eigenvalue weighted by Crippen LogP contribution is -2.22. The number of nitrogens with two attached hydrogens (primary N) is 1. The van der Waals surface area contributed by atoms with Gasteiger partial charge in [0.2, 0.25) is 5.91 Å². The Morgan fingerprint density at radius 3 is 2.79 bits per heavy atom. The van der Waals surface area contributed by atoms with Crippen LogP contribution in [0.1, 0.15) is 10.4 Å². The van der Waals surface area contributed by atoms with Crippen LogP contribution in [0.3, 0.4) is 0 Å². The molecule has 14 heavy (non-hydrogen) atoms. The highest BCUT2D eigenvalue weighted by molar-refractivity contribution is 5.92. The van der Waals surface area contributed by atoms with E-state index in [1.54, 1.807) is 17.0 Å². The van der Waals surface area contributed by atoms with Crippen LogP contribution in [0.4, 0.5) is 5.82 Å². The lowest BCUT2D eigenvalue weighted by atomic mass is 10.2. The molecule has 1 heterocycles. The largest absolute Gasteiger partial charge is 0.395 e. The van der Waals surface area contributed by atoms with E-state index in [0.717, 1.165) is 0 Å². The SMILES string of the molecule is CN(CCO)c1ccc(C(N)=O)cn1. The summed E-state index contributed by atoms with van der Waals surface area (Å²) in [5, 5.41) is 8.70. The fourth-order valence-corrected chi connectivity index (χ4v) is 1.02. The topological polar surface area (TPSA) is 79.5 Å². The molecule has 0 spiro atoms. The Morgan fingerprint density at radius 1 is 1.64 bits per heavy atom. The molecule has 0 saturated heterocycles. The number of amides is 1. The van der Waals surface area contributed by atoms with Crippen LogP contribution in [0.25, 0.3) is 0 Å². The molecule has 0 fully saturated rings. The summed E-state index contributed by atoms with van der Waals surface area (Å²) in [7, 11) is 1.81. The van der Waals surface area contributed by atoms with Crippen LogP contribution < -0.4 is 10.6 Å². The molecular formula is C9H13N3O2. The standard InChI is InChI=1S/C9H13N3O2/c1-12(4-5-13)8-3-2-7(6-11-8)9(10)14/h2-3,6,13H,4-5H2,1H3,(H2,10,14). The zero-order valence-corrected chi connectivity index (χ0v) is 7.97. The van der Waals surface area contributed by atoms with Crippen LogP contribution in [-0.4, -0.2) is 36.2 Å². The average Bonchev–Trinajstić information content (AvgIpc) is 2.18. The molecule has 1 aromatic heterocycles. The number of hydrogen-bond acceptors (Lipinski definition) is 4. The van der Waals surface area contributed by atoms with Gasteiger partial charge < -0.3 is 15.7 Å². The first-order chi connectivity index (χ1) is 6.65. The van der Waals surface area contributed by atoms with Crippen LogP contribution in [0.5, 0.6) is 0 Å². The minimum Gasteiger partial charge on any atom is -0.395 e. The number of pyridine rings is 1. The van der Waals surface area contributed by atoms with E-state index in [1.807, 2.05) is 7.05 Å². The molecule has 0 aliphatic carbocycles. The molecule has 5 nitrogen and oxygen atoms in total. The molecule has 0 atom stereocenters. The van der Waals surface area contributed by atoms with Gasteiger partial charge in [-0.15, -0.1) is 0 Å². The third kappa shape index (κ3) is 2.43. The summed E-state index contributed by atoms with van der Waals surface area (Å²) in [6, 6.07) is 3.30. The van der Waals surface area contributed by atoms with Crippen LogP contribution in [-0.2, 0) is 0 Å². The van der Waals surface area contributed by atoms with E-state index in [2.05, 4.69) is 4.98 Å². The molecule has 76 valence electrons. The van der Waals surface area contributed by atoms with Gasteiger partial charge in [-0.2, -0.15) is 0 Å². The predicted octanol–water partition coefficient (Wildman–Crippen LogP) is -0.391. The summed E-state index contributed by atoms with van der Waals surface area (Å²) < 4.78 is 0. The Balaban J connectivity index is 2.77. The van der Waals surface area contributed by atoms with Crippen molar-refractivity contribution in [2.24, 2.45) is 5.73 Å². The van der Waals surface area contributed by atoms with Gasteiger partial charge in [-0.05, 0) is 12.1 Å². The average molecular weight is 195 g/mol. The van der Waals surface area contributed by atoms with Crippen molar-refractivity contribution in [3.63, 3.8) is 0 Å². The normalized spacial score (nSPS) is 9.86. The van der Waals surface area contributed by atoms with E-state index < -0.39 is 5.91 Å². The van der Waals surface area contributed by atoms with E-state index in [0.29, 0.717) is 17.9 Å². The van der Waals surface area contributed by atoms with E-state index in [9.17, 15) is 4.79 Å². The second-order valence-electron chi connectivity index (χ2n) is 2.91. The first-order valence-corrected chi connectivity index (χ1v) is 4.23. The van der Waals surface area contributed by atoms with Gasteiger partial charge in [-0.3, -0.25) is 4.79 Å². The number of nitrogens with zero attached hydrogens (tertiary/aromatic N) is 2. The molecule has 0 unspecified atom stereocenters. The smallest absolute Gasteiger partial charge is 0.250 e. The number of aliphatic hydroxyl groups is 1. The first kappa shape index (κ1) is 10.5. The van der Waals surface area contributed by atoms with Crippen LogP contribution in [0.2, 0.25) is 0 Å². The number of primary amides is 1. The number of aliphatic hydroxyl groups excluding tert-OH is 1. The van der Waals surface area contributed by atoms with E-state index in [1.165, 1.54) is 6.20 Å². The van der Waals surface area contributed by atoms with Gasteiger partial charge in [0.15, 0.2) is 0 Å². The number of likely N-dealkylation sites (N-methyl/N-ethyl adjacent to an activating group) is 1. The molecule has 0 radical (unpaired) electrons. The molecule has 3 N–H and O–H groups in total. The van der Waals surface area contributed by atoms with Gasteiger partial charge in [0.1, 0.15) is 5.82 Å². The van der Waals surface area contributed by atoms with E-state index >= 15 is 0 Å². The van der Waals surface area contributed by atoms with Crippen molar-refractivity contribution in [3.8, 4) is 0 Å². The number of aromatic nitrogens is 1. The maximum absolute atomic E-state index is 10.7. The lowest BCUT2D eigenvalue weighted by molar-refractivity contribution is 0.1000. The Kier molecular flexibility index (Phi) is 3.41. The second-order valence-corrected chi connectivity index (χ2v) is 2.91.